The normalized spacial score (nSPS) is 20.1. The molecule has 2 N–H and O–H groups in total. The van der Waals surface area contributed by atoms with E-state index in [0.29, 0.717) is 12.0 Å². The molecule has 4 heteroatoms. The number of fused-ring (bicyclic) bond motifs is 1. The number of benzene rings is 2. The Morgan fingerprint density at radius 2 is 2.05 bits per heavy atom. The zero-order valence-electron chi connectivity index (χ0n) is 11.6. The Morgan fingerprint density at radius 1 is 1.29 bits per heavy atom. The average Bonchev–Trinajstić information content (AvgIpc) is 2.78. The van der Waals surface area contributed by atoms with Crippen LogP contribution in [-0.4, -0.2) is 17.1 Å². The van der Waals surface area contributed by atoms with Crippen LogP contribution in [0.1, 0.15) is 33.1 Å². The Balaban J connectivity index is 1.83. The summed E-state index contributed by atoms with van der Waals surface area (Å²) in [4.78, 5) is 12.4. The van der Waals surface area contributed by atoms with Crippen molar-refractivity contribution in [3.05, 3.63) is 69.2 Å². The lowest BCUT2D eigenvalue weighted by Gasteiger charge is -2.18. The van der Waals surface area contributed by atoms with E-state index in [4.69, 9.17) is 0 Å². The number of aryl methyl sites for hydroxylation is 1. The van der Waals surface area contributed by atoms with E-state index in [1.54, 1.807) is 12.1 Å². The highest BCUT2D eigenvalue weighted by Gasteiger charge is 2.32. The van der Waals surface area contributed by atoms with Crippen LogP contribution >= 0.6 is 15.9 Å². The lowest BCUT2D eigenvalue weighted by atomic mass is 10.1. The molecule has 0 radical (unpaired) electrons. The molecule has 0 saturated heterocycles. The van der Waals surface area contributed by atoms with Gasteiger partial charge in [0.15, 0.2) is 0 Å². The zero-order chi connectivity index (χ0) is 15.0. The van der Waals surface area contributed by atoms with E-state index in [2.05, 4.69) is 21.2 Å². The van der Waals surface area contributed by atoms with Crippen molar-refractivity contribution in [1.29, 1.82) is 0 Å². The first-order chi connectivity index (χ1) is 10.1. The van der Waals surface area contributed by atoms with Crippen molar-refractivity contribution in [2.24, 2.45) is 0 Å². The fourth-order valence-corrected chi connectivity index (χ4v) is 3.09. The third-order valence-electron chi connectivity index (χ3n) is 3.92. The van der Waals surface area contributed by atoms with Gasteiger partial charge in [-0.1, -0.05) is 46.3 Å². The van der Waals surface area contributed by atoms with Gasteiger partial charge in [0.1, 0.15) is 0 Å². The summed E-state index contributed by atoms with van der Waals surface area (Å²) in [5, 5.41) is 13.1. The van der Waals surface area contributed by atoms with Crippen LogP contribution in [-0.2, 0) is 6.42 Å². The van der Waals surface area contributed by atoms with E-state index in [-0.39, 0.29) is 11.9 Å². The molecule has 2 atom stereocenters. The maximum atomic E-state index is 12.4. The fraction of sp³-hybridized carbons (Fsp3) is 0.235. The van der Waals surface area contributed by atoms with Crippen LogP contribution in [0.15, 0.2) is 46.9 Å². The van der Waals surface area contributed by atoms with Crippen LogP contribution in [0.25, 0.3) is 0 Å². The minimum Gasteiger partial charge on any atom is -0.390 e. The lowest BCUT2D eigenvalue weighted by Crippen LogP contribution is -2.33. The van der Waals surface area contributed by atoms with Crippen molar-refractivity contribution >= 4 is 21.8 Å². The molecular weight excluding hydrogens is 330 g/mol. The number of aliphatic hydroxyl groups is 1. The molecule has 0 bridgehead atoms. The first-order valence-electron chi connectivity index (χ1n) is 6.89. The van der Waals surface area contributed by atoms with Gasteiger partial charge in [0.2, 0.25) is 0 Å². The Hall–Kier alpha value is -1.65. The van der Waals surface area contributed by atoms with Gasteiger partial charge in [-0.25, -0.2) is 0 Å². The zero-order valence-corrected chi connectivity index (χ0v) is 13.2. The standard InChI is InChI=1S/C17H16BrNO2/c1-10-6-7-12(8-14(10)18)17(21)19-16-13-5-3-2-4-11(13)9-15(16)20/h2-8,15-16,20H,9H2,1H3,(H,19,21)/t15-,16+/m0/s1. The molecule has 3 nitrogen and oxygen atoms in total. The molecule has 1 amide bonds. The first kappa shape index (κ1) is 14.3. The van der Waals surface area contributed by atoms with Crippen molar-refractivity contribution in [3.8, 4) is 0 Å². The number of amides is 1. The highest BCUT2D eigenvalue weighted by atomic mass is 79.9. The Kier molecular flexibility index (Phi) is 3.83. The largest absolute Gasteiger partial charge is 0.390 e. The lowest BCUT2D eigenvalue weighted by molar-refractivity contribution is 0.0858. The van der Waals surface area contributed by atoms with Crippen LogP contribution in [0.5, 0.6) is 0 Å². The number of carbonyl (C=O) groups excluding carboxylic acids is 1. The van der Waals surface area contributed by atoms with E-state index in [0.717, 1.165) is 21.2 Å². The summed E-state index contributed by atoms with van der Waals surface area (Å²) in [5.41, 5.74) is 3.77. The second-order valence-corrected chi connectivity index (χ2v) is 6.24. The average molecular weight is 346 g/mol. The molecule has 0 spiro atoms. The monoisotopic (exact) mass is 345 g/mol. The van der Waals surface area contributed by atoms with Gasteiger partial charge in [-0.2, -0.15) is 0 Å². The summed E-state index contributed by atoms with van der Waals surface area (Å²) in [6.45, 7) is 1.97. The quantitative estimate of drug-likeness (QED) is 0.878. The Labute approximate surface area is 132 Å². The molecule has 0 fully saturated rings. The number of carbonyl (C=O) groups is 1. The maximum Gasteiger partial charge on any atom is 0.251 e. The second kappa shape index (κ2) is 5.62. The van der Waals surface area contributed by atoms with Crippen molar-refractivity contribution < 1.29 is 9.90 Å². The van der Waals surface area contributed by atoms with Crippen LogP contribution < -0.4 is 5.32 Å². The molecule has 3 rings (SSSR count). The van der Waals surface area contributed by atoms with Gasteiger partial charge in [0.25, 0.3) is 5.91 Å². The SMILES string of the molecule is Cc1ccc(C(=O)N[C@@H]2c3ccccc3C[C@@H]2O)cc1Br. The van der Waals surface area contributed by atoms with Gasteiger partial charge in [0, 0.05) is 16.5 Å². The Morgan fingerprint density at radius 3 is 2.81 bits per heavy atom. The smallest absolute Gasteiger partial charge is 0.251 e. The number of hydrogen-bond donors (Lipinski definition) is 2. The van der Waals surface area contributed by atoms with Crippen molar-refractivity contribution in [2.45, 2.75) is 25.5 Å². The van der Waals surface area contributed by atoms with E-state index in [9.17, 15) is 9.90 Å². The number of nitrogens with one attached hydrogen (secondary N) is 1. The highest BCUT2D eigenvalue weighted by Crippen LogP contribution is 2.31. The first-order valence-corrected chi connectivity index (χ1v) is 7.68. The summed E-state index contributed by atoms with van der Waals surface area (Å²) in [7, 11) is 0. The van der Waals surface area contributed by atoms with Crippen LogP contribution in [0.4, 0.5) is 0 Å². The minimum absolute atomic E-state index is 0.170. The van der Waals surface area contributed by atoms with Gasteiger partial charge in [-0.3, -0.25) is 4.79 Å². The highest BCUT2D eigenvalue weighted by molar-refractivity contribution is 9.10. The van der Waals surface area contributed by atoms with Crippen LogP contribution in [0.2, 0.25) is 0 Å². The molecule has 0 saturated carbocycles. The molecule has 2 aromatic rings. The predicted octanol–water partition coefficient (Wildman–Crippen LogP) is 3.15. The number of aliphatic hydroxyl groups excluding tert-OH is 1. The van der Waals surface area contributed by atoms with E-state index in [1.165, 1.54) is 0 Å². The van der Waals surface area contributed by atoms with Gasteiger partial charge in [-0.15, -0.1) is 0 Å². The second-order valence-electron chi connectivity index (χ2n) is 5.39. The van der Waals surface area contributed by atoms with E-state index in [1.807, 2.05) is 37.3 Å². The molecule has 0 unspecified atom stereocenters. The fourth-order valence-electron chi connectivity index (χ4n) is 2.71. The van der Waals surface area contributed by atoms with E-state index >= 15 is 0 Å². The van der Waals surface area contributed by atoms with Gasteiger partial charge < -0.3 is 10.4 Å². The summed E-state index contributed by atoms with van der Waals surface area (Å²) in [6, 6.07) is 13.0. The molecule has 1 aliphatic carbocycles. The third-order valence-corrected chi connectivity index (χ3v) is 4.78. The summed E-state index contributed by atoms with van der Waals surface area (Å²) < 4.78 is 0.905. The van der Waals surface area contributed by atoms with Crippen molar-refractivity contribution in [3.63, 3.8) is 0 Å². The minimum atomic E-state index is -0.569. The van der Waals surface area contributed by atoms with Gasteiger partial charge in [-0.05, 0) is 35.7 Å². The summed E-state index contributed by atoms with van der Waals surface area (Å²) >= 11 is 3.44. The topological polar surface area (TPSA) is 49.3 Å². The van der Waals surface area contributed by atoms with E-state index < -0.39 is 6.10 Å². The summed E-state index contributed by atoms with van der Waals surface area (Å²) in [5.74, 6) is -0.170. The summed E-state index contributed by atoms with van der Waals surface area (Å²) in [6.07, 6.45) is 0.0128. The number of rotatable bonds is 2. The molecule has 0 aliphatic heterocycles. The molecule has 108 valence electrons. The van der Waals surface area contributed by atoms with Gasteiger partial charge >= 0.3 is 0 Å². The van der Waals surface area contributed by atoms with Crippen molar-refractivity contribution in [2.75, 3.05) is 0 Å². The van der Waals surface area contributed by atoms with Gasteiger partial charge in [0.05, 0.1) is 12.1 Å². The van der Waals surface area contributed by atoms with Crippen LogP contribution in [0, 0.1) is 6.92 Å². The number of halogens is 1. The number of hydrogen-bond acceptors (Lipinski definition) is 2. The molecule has 21 heavy (non-hydrogen) atoms. The molecular formula is C17H16BrNO2. The predicted molar refractivity (Wildman–Crippen MR) is 85.2 cm³/mol. The molecule has 0 aromatic heterocycles. The molecule has 0 heterocycles. The molecule has 1 aliphatic rings. The molecule has 2 aromatic carbocycles. The maximum absolute atomic E-state index is 12.4. The third kappa shape index (κ3) is 2.74. The van der Waals surface area contributed by atoms with Crippen molar-refractivity contribution in [1.82, 2.24) is 5.32 Å². The Bertz CT molecular complexity index is 699. The van der Waals surface area contributed by atoms with Crippen LogP contribution in [0.3, 0.4) is 0 Å².